The van der Waals surface area contributed by atoms with Gasteiger partial charge in [0.15, 0.2) is 5.60 Å². The molecule has 4 nitrogen and oxygen atoms in total. The van der Waals surface area contributed by atoms with Crippen molar-refractivity contribution in [1.29, 1.82) is 0 Å². The van der Waals surface area contributed by atoms with Crippen LogP contribution in [-0.2, 0) is 9.47 Å². The molecule has 1 rings (SSSR count). The van der Waals surface area contributed by atoms with Gasteiger partial charge in [0.25, 0.3) is 0 Å². The molecule has 1 heterocycles. The van der Waals surface area contributed by atoms with Crippen LogP contribution >= 0.6 is 0 Å². The first-order valence-corrected chi connectivity index (χ1v) is 13.2. The third kappa shape index (κ3) is 14.5. The van der Waals surface area contributed by atoms with E-state index in [1.165, 1.54) is 89.9 Å². The van der Waals surface area contributed by atoms with E-state index in [1.54, 1.807) is 0 Å². The van der Waals surface area contributed by atoms with Crippen LogP contribution in [0.4, 0.5) is 4.79 Å². The van der Waals surface area contributed by atoms with Crippen LogP contribution in [0.25, 0.3) is 0 Å². The Bertz CT molecular complexity index is 487. The number of nitrogens with one attached hydrogen (secondary N) is 1. The Hall–Kier alpha value is -1.21. The van der Waals surface area contributed by atoms with Gasteiger partial charge in [-0.1, -0.05) is 109 Å². The third-order valence-corrected chi connectivity index (χ3v) is 6.38. The molecule has 1 aliphatic rings. The minimum Gasteiger partial charge on any atom is -0.445 e. The summed E-state index contributed by atoms with van der Waals surface area (Å²) in [6.07, 6.45) is 28.6. The number of unbranched alkanes of at least 4 members (excludes halogenated alkanes) is 15. The van der Waals surface area contributed by atoms with Crippen LogP contribution < -0.4 is 5.32 Å². The smallest absolute Gasteiger partial charge is 0.407 e. The maximum absolute atomic E-state index is 11.8. The minimum atomic E-state index is -0.731. The number of amides is 1. The van der Waals surface area contributed by atoms with Crippen LogP contribution in [-0.4, -0.2) is 30.9 Å². The molecule has 2 atom stereocenters. The molecule has 0 spiro atoms. The highest BCUT2D eigenvalue weighted by molar-refractivity contribution is 5.67. The van der Waals surface area contributed by atoms with Crippen molar-refractivity contribution < 1.29 is 14.3 Å². The molecule has 0 radical (unpaired) electrons. The quantitative estimate of drug-likeness (QED) is 0.168. The van der Waals surface area contributed by atoms with Crippen molar-refractivity contribution in [3.8, 4) is 12.3 Å². The first kappa shape index (κ1) is 27.8. The second-order valence-corrected chi connectivity index (χ2v) is 9.41. The monoisotopic (exact) mass is 435 g/mol. The fourth-order valence-electron chi connectivity index (χ4n) is 4.29. The number of hydrogen-bond acceptors (Lipinski definition) is 3. The van der Waals surface area contributed by atoms with Crippen molar-refractivity contribution in [1.82, 2.24) is 5.32 Å². The van der Waals surface area contributed by atoms with Gasteiger partial charge in [-0.25, -0.2) is 4.79 Å². The second-order valence-electron chi connectivity index (χ2n) is 9.41. The molecule has 1 saturated heterocycles. The number of hydrogen-bond donors (Lipinski definition) is 1. The molecular formula is C27H49NO3. The number of carbonyl (C=O) groups excluding carboxylic acids is 1. The van der Waals surface area contributed by atoms with Crippen molar-refractivity contribution in [2.45, 2.75) is 141 Å². The molecule has 4 heteroatoms. The van der Waals surface area contributed by atoms with Gasteiger partial charge in [-0.2, -0.15) is 0 Å². The van der Waals surface area contributed by atoms with E-state index in [9.17, 15) is 4.79 Å². The summed E-state index contributed by atoms with van der Waals surface area (Å²) in [5.74, 6) is 2.66. The Balaban J connectivity index is 1.80. The van der Waals surface area contributed by atoms with Crippen LogP contribution in [0.5, 0.6) is 0 Å². The summed E-state index contributed by atoms with van der Waals surface area (Å²) in [6.45, 7) is 5.08. The van der Waals surface area contributed by atoms with Crippen molar-refractivity contribution in [2.24, 2.45) is 0 Å². The van der Waals surface area contributed by atoms with Crippen LogP contribution in [0.3, 0.4) is 0 Å². The van der Waals surface area contributed by atoms with Gasteiger partial charge in [0.05, 0.1) is 6.10 Å². The summed E-state index contributed by atoms with van der Waals surface area (Å²) in [7, 11) is 0. The normalized spacial score (nSPS) is 20.5. The van der Waals surface area contributed by atoms with Gasteiger partial charge in [-0.05, 0) is 26.2 Å². The van der Waals surface area contributed by atoms with Crippen LogP contribution in [0.15, 0.2) is 0 Å². The maximum Gasteiger partial charge on any atom is 0.407 e. The van der Waals surface area contributed by atoms with Crippen molar-refractivity contribution in [3.63, 3.8) is 0 Å². The molecule has 1 N–H and O–H groups in total. The highest BCUT2D eigenvalue weighted by atomic mass is 16.6. The van der Waals surface area contributed by atoms with Gasteiger partial charge in [0.1, 0.15) is 6.61 Å². The number of alkyl carbamates (subject to hydrolysis) is 1. The molecule has 2 unspecified atom stereocenters. The predicted octanol–water partition coefficient (Wildman–Crippen LogP) is 7.55. The van der Waals surface area contributed by atoms with E-state index in [4.69, 9.17) is 15.9 Å². The zero-order chi connectivity index (χ0) is 22.6. The molecule has 0 aromatic rings. The van der Waals surface area contributed by atoms with Crippen LogP contribution in [0.2, 0.25) is 0 Å². The number of ether oxygens (including phenoxy) is 2. The minimum absolute atomic E-state index is 0.132. The first-order chi connectivity index (χ1) is 15.1. The Labute approximate surface area is 192 Å². The Morgan fingerprint density at radius 2 is 1.42 bits per heavy atom. The van der Waals surface area contributed by atoms with Crippen molar-refractivity contribution >= 4 is 6.09 Å². The van der Waals surface area contributed by atoms with E-state index in [-0.39, 0.29) is 12.7 Å². The van der Waals surface area contributed by atoms with Gasteiger partial charge in [-0.3, -0.25) is 0 Å². The molecule has 31 heavy (non-hydrogen) atoms. The van der Waals surface area contributed by atoms with E-state index < -0.39 is 11.7 Å². The summed E-state index contributed by atoms with van der Waals surface area (Å²) >= 11 is 0. The van der Waals surface area contributed by atoms with Gasteiger partial charge in [0.2, 0.25) is 0 Å². The standard InChI is InChI=1S/C27H49NO3/c1-4-6-7-8-9-10-11-12-13-14-15-16-17-18-19-20-23-28-26(29)30-24-27(5-2)22-21-25(3)31-27/h2,25H,4,6-24H2,1,3H3,(H,28,29). The van der Waals surface area contributed by atoms with Crippen LogP contribution in [0, 0.1) is 12.3 Å². The molecule has 0 bridgehead atoms. The average molecular weight is 436 g/mol. The van der Waals surface area contributed by atoms with Gasteiger partial charge in [0, 0.05) is 6.54 Å². The second kappa shape index (κ2) is 18.4. The molecule has 180 valence electrons. The summed E-state index contributed by atoms with van der Waals surface area (Å²) in [5, 5.41) is 2.82. The number of rotatable bonds is 19. The SMILES string of the molecule is C#CC1(COC(=O)NCCCCCCCCCCCCCCCCCC)CCC(C)O1. The molecule has 0 saturated carbocycles. The van der Waals surface area contributed by atoms with Crippen molar-refractivity contribution in [2.75, 3.05) is 13.2 Å². The Kier molecular flexibility index (Phi) is 16.5. The lowest BCUT2D eigenvalue weighted by molar-refractivity contribution is -0.0322. The Morgan fingerprint density at radius 3 is 1.84 bits per heavy atom. The predicted molar refractivity (Wildman–Crippen MR) is 130 cm³/mol. The van der Waals surface area contributed by atoms with Gasteiger partial charge < -0.3 is 14.8 Å². The fourth-order valence-corrected chi connectivity index (χ4v) is 4.29. The third-order valence-electron chi connectivity index (χ3n) is 6.38. The topological polar surface area (TPSA) is 47.6 Å². The van der Waals surface area contributed by atoms with E-state index in [1.807, 2.05) is 6.92 Å². The number of terminal acetylenes is 1. The molecule has 1 fully saturated rings. The summed E-state index contributed by atoms with van der Waals surface area (Å²) < 4.78 is 11.0. The molecular weight excluding hydrogens is 386 g/mol. The maximum atomic E-state index is 11.8. The molecule has 0 aliphatic carbocycles. The fraction of sp³-hybridized carbons (Fsp3) is 0.889. The lowest BCUT2D eigenvalue weighted by Gasteiger charge is -2.22. The van der Waals surface area contributed by atoms with Crippen molar-refractivity contribution in [3.05, 3.63) is 0 Å². The van der Waals surface area contributed by atoms with Gasteiger partial charge >= 0.3 is 6.09 Å². The largest absolute Gasteiger partial charge is 0.445 e. The van der Waals surface area contributed by atoms with E-state index in [2.05, 4.69) is 18.2 Å². The lowest BCUT2D eigenvalue weighted by Crippen LogP contribution is -2.36. The molecule has 1 amide bonds. The average Bonchev–Trinajstić information content (AvgIpc) is 3.16. The molecule has 1 aliphatic heterocycles. The highest BCUT2D eigenvalue weighted by Gasteiger charge is 2.38. The molecule has 0 aromatic heterocycles. The molecule has 0 aromatic carbocycles. The van der Waals surface area contributed by atoms with Gasteiger partial charge in [-0.15, -0.1) is 6.42 Å². The summed E-state index contributed by atoms with van der Waals surface area (Å²) in [6, 6.07) is 0. The van der Waals surface area contributed by atoms with E-state index in [0.29, 0.717) is 6.54 Å². The lowest BCUT2D eigenvalue weighted by atomic mass is 10.0. The highest BCUT2D eigenvalue weighted by Crippen LogP contribution is 2.29. The first-order valence-electron chi connectivity index (χ1n) is 13.2. The Morgan fingerprint density at radius 1 is 0.935 bits per heavy atom. The van der Waals surface area contributed by atoms with E-state index in [0.717, 1.165) is 25.7 Å². The van der Waals surface area contributed by atoms with Crippen LogP contribution in [0.1, 0.15) is 129 Å². The van der Waals surface area contributed by atoms with E-state index >= 15 is 0 Å². The number of carbonyl (C=O) groups is 1. The zero-order valence-electron chi connectivity index (χ0n) is 20.5. The summed E-state index contributed by atoms with van der Waals surface area (Å²) in [4.78, 5) is 11.8. The zero-order valence-corrected chi connectivity index (χ0v) is 20.5. The summed E-state index contributed by atoms with van der Waals surface area (Å²) in [5.41, 5.74) is -0.731.